The van der Waals surface area contributed by atoms with Gasteiger partial charge in [0, 0.05) is 32.7 Å². The molecule has 0 aliphatic heterocycles. The molecule has 0 fully saturated rings. The average Bonchev–Trinajstić information content (AvgIpc) is 2.99. The van der Waals surface area contributed by atoms with E-state index in [1.807, 2.05) is 43.3 Å². The maximum absolute atomic E-state index is 11.9. The highest BCUT2D eigenvalue weighted by atomic mass is 32.2. The van der Waals surface area contributed by atoms with Crippen molar-refractivity contribution in [3.8, 4) is 0 Å². The van der Waals surface area contributed by atoms with Gasteiger partial charge in [-0.15, -0.1) is 5.10 Å². The Hall–Kier alpha value is -2.02. The highest BCUT2D eigenvalue weighted by Gasteiger charge is 2.07. The van der Waals surface area contributed by atoms with Crippen molar-refractivity contribution in [2.75, 3.05) is 24.7 Å². The predicted octanol–water partition coefficient (Wildman–Crippen LogP) is 2.23. The molecule has 0 aliphatic rings. The van der Waals surface area contributed by atoms with E-state index in [1.165, 1.54) is 11.8 Å². The minimum atomic E-state index is -0.0199. The third kappa shape index (κ3) is 5.59. The highest BCUT2D eigenvalue weighted by molar-refractivity contribution is 7.99. The molecular formula is C16H23N5OS. The van der Waals surface area contributed by atoms with Gasteiger partial charge in [-0.2, -0.15) is 0 Å². The topological polar surface area (TPSA) is 73.9 Å². The molecule has 1 aromatic heterocycles. The van der Waals surface area contributed by atoms with Gasteiger partial charge in [-0.25, -0.2) is 4.98 Å². The van der Waals surface area contributed by atoms with E-state index in [-0.39, 0.29) is 5.91 Å². The lowest BCUT2D eigenvalue weighted by molar-refractivity contribution is -0.118. The van der Waals surface area contributed by atoms with Crippen LogP contribution in [0.15, 0.2) is 29.4 Å². The number of hydrogen-bond donors (Lipinski definition) is 2. The highest BCUT2D eigenvalue weighted by Crippen LogP contribution is 2.13. The van der Waals surface area contributed by atoms with Crippen LogP contribution in [0.5, 0.6) is 0 Å². The molecule has 0 unspecified atom stereocenters. The van der Waals surface area contributed by atoms with Crippen LogP contribution in [0.2, 0.25) is 0 Å². The minimum absolute atomic E-state index is 0.0199. The number of H-pyrrole nitrogens is 1. The van der Waals surface area contributed by atoms with Crippen LogP contribution in [0.25, 0.3) is 0 Å². The second kappa shape index (κ2) is 8.57. The zero-order valence-electron chi connectivity index (χ0n) is 13.8. The van der Waals surface area contributed by atoms with Crippen LogP contribution in [-0.2, 0) is 17.8 Å². The Kier molecular flexibility index (Phi) is 6.46. The molecule has 0 aliphatic carbocycles. The number of carbonyl (C=O) groups excluding carboxylic acids is 1. The fourth-order valence-corrected chi connectivity index (χ4v) is 2.63. The van der Waals surface area contributed by atoms with E-state index in [9.17, 15) is 4.79 Å². The number of aryl methyl sites for hydroxylation is 1. The molecule has 0 bridgehead atoms. The molecule has 1 heterocycles. The summed E-state index contributed by atoms with van der Waals surface area (Å²) in [5.74, 6) is 1.17. The summed E-state index contributed by atoms with van der Waals surface area (Å²) in [6.07, 6.45) is 1.90. The monoisotopic (exact) mass is 333 g/mol. The molecule has 2 N–H and O–H groups in total. The fraction of sp³-hybridized carbons (Fsp3) is 0.438. The van der Waals surface area contributed by atoms with Crippen LogP contribution in [0.1, 0.15) is 24.7 Å². The standard InChI is InChI=1S/C16H23N5OS/c1-4-5-14-18-16(20-19-14)23-11-15(22)17-10-12-6-8-13(9-7-12)21(2)3/h6-9H,4-5,10-11H2,1-3H3,(H,17,22)(H,18,19,20). The van der Waals surface area contributed by atoms with Crippen LogP contribution in [0.3, 0.4) is 0 Å². The van der Waals surface area contributed by atoms with Crippen LogP contribution in [0.4, 0.5) is 5.69 Å². The SMILES string of the molecule is CCCc1nc(SCC(=O)NCc2ccc(N(C)C)cc2)n[nH]1. The maximum atomic E-state index is 11.9. The Morgan fingerprint density at radius 1 is 1.30 bits per heavy atom. The summed E-state index contributed by atoms with van der Waals surface area (Å²) >= 11 is 1.34. The van der Waals surface area contributed by atoms with Crippen molar-refractivity contribution < 1.29 is 4.79 Å². The molecular weight excluding hydrogens is 310 g/mol. The smallest absolute Gasteiger partial charge is 0.230 e. The number of nitrogens with one attached hydrogen (secondary N) is 2. The van der Waals surface area contributed by atoms with E-state index in [4.69, 9.17) is 0 Å². The predicted molar refractivity (Wildman–Crippen MR) is 93.7 cm³/mol. The van der Waals surface area contributed by atoms with Gasteiger partial charge in [0.05, 0.1) is 5.75 Å². The third-order valence-electron chi connectivity index (χ3n) is 3.27. The number of hydrogen-bond acceptors (Lipinski definition) is 5. The second-order valence-corrected chi connectivity index (χ2v) is 6.38. The number of anilines is 1. The van der Waals surface area contributed by atoms with Crippen LogP contribution >= 0.6 is 11.8 Å². The Morgan fingerprint density at radius 2 is 2.04 bits per heavy atom. The van der Waals surface area contributed by atoms with Gasteiger partial charge < -0.3 is 10.2 Å². The molecule has 23 heavy (non-hydrogen) atoms. The molecule has 2 rings (SSSR count). The fourth-order valence-electron chi connectivity index (χ4n) is 1.98. The second-order valence-electron chi connectivity index (χ2n) is 5.44. The normalized spacial score (nSPS) is 10.6. The summed E-state index contributed by atoms with van der Waals surface area (Å²) in [5, 5.41) is 10.5. The number of nitrogens with zero attached hydrogens (tertiary/aromatic N) is 3. The van der Waals surface area contributed by atoms with E-state index in [0.717, 1.165) is 29.9 Å². The van der Waals surface area contributed by atoms with E-state index in [1.54, 1.807) is 0 Å². The number of aromatic nitrogens is 3. The zero-order chi connectivity index (χ0) is 16.7. The van der Waals surface area contributed by atoms with Crippen molar-refractivity contribution in [3.05, 3.63) is 35.7 Å². The van der Waals surface area contributed by atoms with Crippen molar-refractivity contribution in [3.63, 3.8) is 0 Å². The zero-order valence-corrected chi connectivity index (χ0v) is 14.6. The average molecular weight is 333 g/mol. The number of benzene rings is 1. The van der Waals surface area contributed by atoms with Crippen molar-refractivity contribution >= 4 is 23.4 Å². The summed E-state index contributed by atoms with van der Waals surface area (Å²) in [6.45, 7) is 2.62. The Labute approximate surface area is 141 Å². The first-order valence-corrected chi connectivity index (χ1v) is 8.64. The summed E-state index contributed by atoms with van der Waals surface area (Å²) in [6, 6.07) is 8.13. The number of rotatable bonds is 8. The van der Waals surface area contributed by atoms with Gasteiger partial charge in [-0.05, 0) is 24.1 Å². The lowest BCUT2D eigenvalue weighted by atomic mass is 10.2. The van der Waals surface area contributed by atoms with E-state index < -0.39 is 0 Å². The van der Waals surface area contributed by atoms with Gasteiger partial charge in [0.15, 0.2) is 0 Å². The maximum Gasteiger partial charge on any atom is 0.230 e. The first-order chi connectivity index (χ1) is 11.1. The number of aromatic amines is 1. The molecule has 1 aromatic carbocycles. The van der Waals surface area contributed by atoms with Gasteiger partial charge in [0.25, 0.3) is 0 Å². The van der Waals surface area contributed by atoms with Crippen molar-refractivity contribution in [2.24, 2.45) is 0 Å². The van der Waals surface area contributed by atoms with Gasteiger partial charge in [0.1, 0.15) is 5.82 Å². The van der Waals surface area contributed by atoms with E-state index in [0.29, 0.717) is 17.5 Å². The first-order valence-electron chi connectivity index (χ1n) is 7.65. The number of carbonyl (C=O) groups is 1. The van der Waals surface area contributed by atoms with E-state index >= 15 is 0 Å². The Balaban J connectivity index is 1.74. The lowest BCUT2D eigenvalue weighted by Gasteiger charge is -2.12. The largest absolute Gasteiger partial charge is 0.378 e. The molecule has 0 saturated carbocycles. The summed E-state index contributed by atoms with van der Waals surface area (Å²) in [4.78, 5) is 18.3. The molecule has 0 radical (unpaired) electrons. The van der Waals surface area contributed by atoms with Gasteiger partial charge in [-0.3, -0.25) is 9.89 Å². The van der Waals surface area contributed by atoms with Crippen molar-refractivity contribution in [2.45, 2.75) is 31.5 Å². The Morgan fingerprint density at radius 3 is 2.70 bits per heavy atom. The molecule has 0 atom stereocenters. The molecule has 6 nitrogen and oxygen atoms in total. The van der Waals surface area contributed by atoms with E-state index in [2.05, 4.69) is 27.4 Å². The van der Waals surface area contributed by atoms with Gasteiger partial charge in [-0.1, -0.05) is 30.8 Å². The Bertz CT molecular complexity index is 624. The molecule has 124 valence electrons. The van der Waals surface area contributed by atoms with Crippen LogP contribution in [0, 0.1) is 0 Å². The van der Waals surface area contributed by atoms with Crippen molar-refractivity contribution in [1.82, 2.24) is 20.5 Å². The lowest BCUT2D eigenvalue weighted by Crippen LogP contribution is -2.24. The summed E-state index contributed by atoms with van der Waals surface area (Å²) < 4.78 is 0. The van der Waals surface area contributed by atoms with Gasteiger partial charge in [0.2, 0.25) is 11.1 Å². The first kappa shape index (κ1) is 17.3. The number of amides is 1. The number of thioether (sulfide) groups is 1. The van der Waals surface area contributed by atoms with Crippen molar-refractivity contribution in [1.29, 1.82) is 0 Å². The van der Waals surface area contributed by atoms with Gasteiger partial charge >= 0.3 is 0 Å². The molecule has 2 aromatic rings. The minimum Gasteiger partial charge on any atom is -0.378 e. The summed E-state index contributed by atoms with van der Waals surface area (Å²) in [5.41, 5.74) is 2.22. The molecule has 1 amide bonds. The van der Waals surface area contributed by atoms with Crippen LogP contribution in [-0.4, -0.2) is 40.9 Å². The quantitative estimate of drug-likeness (QED) is 0.725. The van der Waals surface area contributed by atoms with Crippen LogP contribution < -0.4 is 10.2 Å². The summed E-state index contributed by atoms with van der Waals surface area (Å²) in [7, 11) is 4.01. The molecule has 7 heteroatoms. The third-order valence-corrected chi connectivity index (χ3v) is 4.12. The molecule has 0 spiro atoms. The molecule has 0 saturated heterocycles.